The number of nitrogens with zero attached hydrogens (tertiary/aromatic N) is 2. The minimum absolute atomic E-state index is 0.528. The Balaban J connectivity index is 2.44. The Labute approximate surface area is 79.2 Å². The molecule has 1 aromatic rings. The lowest BCUT2D eigenvalue weighted by atomic mass is 10.1. The van der Waals surface area contributed by atoms with Gasteiger partial charge in [0.15, 0.2) is 0 Å². The van der Waals surface area contributed by atoms with Crippen LogP contribution in [0.1, 0.15) is 37.6 Å². The van der Waals surface area contributed by atoms with E-state index < -0.39 is 0 Å². The molecule has 0 saturated carbocycles. The molecular weight excluding hydrogens is 162 g/mol. The molecule has 3 heteroatoms. The molecule has 3 nitrogen and oxygen atoms in total. The van der Waals surface area contributed by atoms with Gasteiger partial charge in [-0.3, -0.25) is 0 Å². The highest BCUT2D eigenvalue weighted by atomic mass is 15.2. The van der Waals surface area contributed by atoms with Crippen molar-refractivity contribution in [3.8, 4) is 0 Å². The second-order valence-electron chi connectivity index (χ2n) is 3.99. The van der Waals surface area contributed by atoms with Crippen molar-refractivity contribution in [2.75, 3.05) is 11.9 Å². The standard InChI is InChI=1S/C10H17N3/c1-7(2)9-8(3)13-6-4-5-11-10(13)12-9/h7H,4-6H2,1-3H3,(H,11,12). The normalized spacial score (nSPS) is 15.7. The quantitative estimate of drug-likeness (QED) is 0.715. The average Bonchev–Trinajstić information content (AvgIpc) is 2.45. The Kier molecular flexibility index (Phi) is 2.02. The molecular formula is C10H17N3. The molecule has 72 valence electrons. The summed E-state index contributed by atoms with van der Waals surface area (Å²) in [5.74, 6) is 1.59. The van der Waals surface area contributed by atoms with Gasteiger partial charge >= 0.3 is 0 Å². The number of aromatic nitrogens is 2. The molecule has 0 aromatic carbocycles. The molecule has 1 N–H and O–H groups in total. The van der Waals surface area contributed by atoms with Gasteiger partial charge in [0, 0.05) is 18.8 Å². The SMILES string of the molecule is Cc1c(C(C)C)nc2n1CCCN2. The number of nitrogens with one attached hydrogen (secondary N) is 1. The van der Waals surface area contributed by atoms with E-state index >= 15 is 0 Å². The third-order valence-electron chi connectivity index (χ3n) is 2.65. The molecule has 2 rings (SSSR count). The summed E-state index contributed by atoms with van der Waals surface area (Å²) >= 11 is 0. The van der Waals surface area contributed by atoms with Crippen LogP contribution >= 0.6 is 0 Å². The van der Waals surface area contributed by atoms with Gasteiger partial charge in [-0.1, -0.05) is 13.8 Å². The van der Waals surface area contributed by atoms with Crippen LogP contribution < -0.4 is 5.32 Å². The molecule has 13 heavy (non-hydrogen) atoms. The van der Waals surface area contributed by atoms with E-state index in [1.165, 1.54) is 17.8 Å². The zero-order chi connectivity index (χ0) is 9.42. The summed E-state index contributed by atoms with van der Waals surface area (Å²) in [6.45, 7) is 8.74. The van der Waals surface area contributed by atoms with Gasteiger partial charge in [0.2, 0.25) is 5.95 Å². The number of hydrogen-bond donors (Lipinski definition) is 1. The van der Waals surface area contributed by atoms with Crippen molar-refractivity contribution < 1.29 is 0 Å². The Morgan fingerprint density at radius 3 is 2.85 bits per heavy atom. The zero-order valence-corrected chi connectivity index (χ0v) is 8.59. The van der Waals surface area contributed by atoms with Crippen LogP contribution in [-0.4, -0.2) is 16.1 Å². The van der Waals surface area contributed by atoms with E-state index in [0.717, 1.165) is 19.0 Å². The number of imidazole rings is 1. The summed E-state index contributed by atoms with van der Waals surface area (Å²) in [4.78, 5) is 4.60. The molecule has 0 spiro atoms. The fourth-order valence-corrected chi connectivity index (χ4v) is 1.95. The van der Waals surface area contributed by atoms with Gasteiger partial charge < -0.3 is 9.88 Å². The largest absolute Gasteiger partial charge is 0.356 e. The third kappa shape index (κ3) is 1.32. The van der Waals surface area contributed by atoms with Crippen molar-refractivity contribution in [3.63, 3.8) is 0 Å². The fourth-order valence-electron chi connectivity index (χ4n) is 1.95. The first kappa shape index (κ1) is 8.60. The van der Waals surface area contributed by atoms with E-state index in [9.17, 15) is 0 Å². The average molecular weight is 179 g/mol. The van der Waals surface area contributed by atoms with E-state index in [2.05, 4.69) is 35.6 Å². The molecule has 2 heterocycles. The topological polar surface area (TPSA) is 29.9 Å². The summed E-state index contributed by atoms with van der Waals surface area (Å²) in [5.41, 5.74) is 2.57. The predicted molar refractivity (Wildman–Crippen MR) is 54.2 cm³/mol. The lowest BCUT2D eigenvalue weighted by Crippen LogP contribution is -2.17. The van der Waals surface area contributed by atoms with Crippen LogP contribution in [0.15, 0.2) is 0 Å². The van der Waals surface area contributed by atoms with Crippen LogP contribution in [0.4, 0.5) is 5.95 Å². The maximum Gasteiger partial charge on any atom is 0.203 e. The van der Waals surface area contributed by atoms with Crippen molar-refractivity contribution in [1.82, 2.24) is 9.55 Å². The summed E-state index contributed by atoms with van der Waals surface area (Å²) in [7, 11) is 0. The van der Waals surface area contributed by atoms with Crippen LogP contribution in [0, 0.1) is 6.92 Å². The number of rotatable bonds is 1. The fraction of sp³-hybridized carbons (Fsp3) is 0.700. The highest BCUT2D eigenvalue weighted by molar-refractivity contribution is 5.36. The maximum absolute atomic E-state index is 4.60. The molecule has 0 atom stereocenters. The maximum atomic E-state index is 4.60. The minimum Gasteiger partial charge on any atom is -0.356 e. The van der Waals surface area contributed by atoms with Gasteiger partial charge in [-0.15, -0.1) is 0 Å². The smallest absolute Gasteiger partial charge is 0.203 e. The van der Waals surface area contributed by atoms with E-state index in [1.807, 2.05) is 0 Å². The molecule has 0 aliphatic carbocycles. The van der Waals surface area contributed by atoms with Gasteiger partial charge in [-0.05, 0) is 19.3 Å². The highest BCUT2D eigenvalue weighted by Gasteiger charge is 2.17. The van der Waals surface area contributed by atoms with Crippen LogP contribution in [0.3, 0.4) is 0 Å². The number of fused-ring (bicyclic) bond motifs is 1. The lowest BCUT2D eigenvalue weighted by molar-refractivity contribution is 0.613. The highest BCUT2D eigenvalue weighted by Crippen LogP contribution is 2.24. The van der Waals surface area contributed by atoms with E-state index in [4.69, 9.17) is 0 Å². The minimum atomic E-state index is 0.528. The summed E-state index contributed by atoms with van der Waals surface area (Å²) in [5, 5.41) is 3.33. The summed E-state index contributed by atoms with van der Waals surface area (Å²) < 4.78 is 2.29. The first-order valence-electron chi connectivity index (χ1n) is 5.01. The number of hydrogen-bond acceptors (Lipinski definition) is 2. The second-order valence-corrected chi connectivity index (χ2v) is 3.99. The number of anilines is 1. The lowest BCUT2D eigenvalue weighted by Gasteiger charge is -2.16. The molecule has 1 aliphatic rings. The Hall–Kier alpha value is -0.990. The Morgan fingerprint density at radius 2 is 2.23 bits per heavy atom. The van der Waals surface area contributed by atoms with Crippen molar-refractivity contribution in [2.45, 2.75) is 39.7 Å². The van der Waals surface area contributed by atoms with E-state index in [0.29, 0.717) is 5.92 Å². The molecule has 0 bridgehead atoms. The molecule has 0 unspecified atom stereocenters. The first-order valence-corrected chi connectivity index (χ1v) is 5.01. The van der Waals surface area contributed by atoms with Crippen molar-refractivity contribution in [3.05, 3.63) is 11.4 Å². The Bertz CT molecular complexity index is 312. The zero-order valence-electron chi connectivity index (χ0n) is 8.59. The van der Waals surface area contributed by atoms with Crippen LogP contribution in [0.25, 0.3) is 0 Å². The monoisotopic (exact) mass is 179 g/mol. The van der Waals surface area contributed by atoms with Crippen LogP contribution in [0.2, 0.25) is 0 Å². The van der Waals surface area contributed by atoms with Crippen LogP contribution in [-0.2, 0) is 6.54 Å². The van der Waals surface area contributed by atoms with Crippen molar-refractivity contribution >= 4 is 5.95 Å². The van der Waals surface area contributed by atoms with Crippen LogP contribution in [0.5, 0.6) is 0 Å². The van der Waals surface area contributed by atoms with Gasteiger partial charge in [-0.25, -0.2) is 4.98 Å². The van der Waals surface area contributed by atoms with E-state index in [-0.39, 0.29) is 0 Å². The molecule has 1 aliphatic heterocycles. The second kappa shape index (κ2) is 3.05. The summed E-state index contributed by atoms with van der Waals surface area (Å²) in [6, 6.07) is 0. The molecule has 0 radical (unpaired) electrons. The van der Waals surface area contributed by atoms with E-state index in [1.54, 1.807) is 0 Å². The Morgan fingerprint density at radius 1 is 1.46 bits per heavy atom. The van der Waals surface area contributed by atoms with Gasteiger partial charge in [0.25, 0.3) is 0 Å². The molecule has 0 amide bonds. The molecule has 1 aromatic heterocycles. The predicted octanol–water partition coefficient (Wildman–Crippen LogP) is 2.13. The third-order valence-corrected chi connectivity index (χ3v) is 2.65. The van der Waals surface area contributed by atoms with Gasteiger partial charge in [-0.2, -0.15) is 0 Å². The first-order chi connectivity index (χ1) is 6.20. The van der Waals surface area contributed by atoms with Crippen molar-refractivity contribution in [1.29, 1.82) is 0 Å². The van der Waals surface area contributed by atoms with Gasteiger partial charge in [0.05, 0.1) is 5.69 Å². The summed E-state index contributed by atoms with van der Waals surface area (Å²) in [6.07, 6.45) is 1.21. The van der Waals surface area contributed by atoms with Crippen molar-refractivity contribution in [2.24, 2.45) is 0 Å². The molecule has 0 fully saturated rings. The van der Waals surface area contributed by atoms with Gasteiger partial charge in [0.1, 0.15) is 0 Å². The molecule has 0 saturated heterocycles.